The van der Waals surface area contributed by atoms with Crippen molar-refractivity contribution < 1.29 is 9.53 Å². The molecule has 0 unspecified atom stereocenters. The van der Waals surface area contributed by atoms with Crippen LogP contribution in [0.1, 0.15) is 170 Å². The summed E-state index contributed by atoms with van der Waals surface area (Å²) in [5.74, 6) is 5.34. The predicted octanol–water partition coefficient (Wildman–Crippen LogP) is 11.5. The molecule has 4 aliphatic rings. The highest BCUT2D eigenvalue weighted by Crippen LogP contribution is 2.67. The van der Waals surface area contributed by atoms with Crippen LogP contribution in [-0.2, 0) is 9.53 Å². The average molecular weight is 555 g/mol. The normalized spacial score (nSPS) is 36.0. The van der Waals surface area contributed by atoms with Gasteiger partial charge in [0.05, 0.1) is 0 Å². The van der Waals surface area contributed by atoms with E-state index in [0.29, 0.717) is 17.3 Å². The van der Waals surface area contributed by atoms with E-state index in [-0.39, 0.29) is 12.1 Å². The van der Waals surface area contributed by atoms with Gasteiger partial charge in [-0.3, -0.25) is 4.79 Å². The molecule has 0 aromatic rings. The maximum Gasteiger partial charge on any atom is 0.306 e. The lowest BCUT2D eigenvalue weighted by atomic mass is 9.47. The van der Waals surface area contributed by atoms with Gasteiger partial charge in [-0.25, -0.2) is 0 Å². The fourth-order valence-electron chi connectivity index (χ4n) is 10.4. The summed E-state index contributed by atoms with van der Waals surface area (Å²) in [6.07, 6.45) is 28.1. The van der Waals surface area contributed by atoms with Crippen molar-refractivity contribution in [1.82, 2.24) is 0 Å². The van der Waals surface area contributed by atoms with Gasteiger partial charge >= 0.3 is 5.97 Å². The summed E-state index contributed by atoms with van der Waals surface area (Å²) in [4.78, 5) is 12.7. The number of allylic oxidation sites excluding steroid dienone is 1. The van der Waals surface area contributed by atoms with Crippen LogP contribution in [0.2, 0.25) is 0 Å². The number of carbonyl (C=O) groups excluding carboxylic acids is 1. The highest BCUT2D eigenvalue weighted by atomic mass is 16.5. The van der Waals surface area contributed by atoms with E-state index in [1.54, 1.807) is 5.57 Å². The molecular weight excluding hydrogens is 488 g/mol. The largest absolute Gasteiger partial charge is 0.462 e. The van der Waals surface area contributed by atoms with E-state index >= 15 is 0 Å². The lowest BCUT2D eigenvalue weighted by Gasteiger charge is -2.58. The average Bonchev–Trinajstić information content (AvgIpc) is 3.27. The van der Waals surface area contributed by atoms with E-state index in [4.69, 9.17) is 4.74 Å². The topological polar surface area (TPSA) is 26.3 Å². The van der Waals surface area contributed by atoms with Crippen molar-refractivity contribution in [3.63, 3.8) is 0 Å². The van der Waals surface area contributed by atoms with Gasteiger partial charge in [0.25, 0.3) is 0 Å². The number of fused-ring (bicyclic) bond motifs is 5. The van der Waals surface area contributed by atoms with E-state index in [9.17, 15) is 4.79 Å². The Hall–Kier alpha value is -0.790. The van der Waals surface area contributed by atoms with Gasteiger partial charge in [0.1, 0.15) is 6.10 Å². The van der Waals surface area contributed by atoms with E-state index in [0.717, 1.165) is 54.8 Å². The van der Waals surface area contributed by atoms with E-state index < -0.39 is 0 Å². The molecule has 0 N–H and O–H groups in total. The van der Waals surface area contributed by atoms with E-state index in [1.165, 1.54) is 103 Å². The third kappa shape index (κ3) is 7.40. The van der Waals surface area contributed by atoms with Crippen LogP contribution in [0.4, 0.5) is 0 Å². The smallest absolute Gasteiger partial charge is 0.306 e. The third-order valence-corrected chi connectivity index (χ3v) is 12.8. The van der Waals surface area contributed by atoms with Crippen LogP contribution in [0.3, 0.4) is 0 Å². The van der Waals surface area contributed by atoms with Crippen LogP contribution in [0.5, 0.6) is 0 Å². The highest BCUT2D eigenvalue weighted by Gasteiger charge is 2.59. The molecule has 40 heavy (non-hydrogen) atoms. The third-order valence-electron chi connectivity index (χ3n) is 12.8. The summed E-state index contributed by atoms with van der Waals surface area (Å²) in [5, 5.41) is 0. The molecular formula is C38H66O2. The number of hydrogen-bond donors (Lipinski definition) is 0. The molecule has 230 valence electrons. The maximum absolute atomic E-state index is 12.7. The standard InChI is InChI=1S/C38H66O2/c1-7-8-9-10-11-12-13-14-18-36(39)40-31-23-25-37(5)30(27-31)19-20-32-34-22-21-33(29(4)17-15-16-28(2)3)38(34,6)26-24-35(32)37/h19,28-29,31-35H,7-18,20-27H2,1-6H3/t29-,31-,32-,33+,34-,35-,37-,38+/m0/s1. The predicted molar refractivity (Wildman–Crippen MR) is 170 cm³/mol. The van der Waals surface area contributed by atoms with Crippen LogP contribution in [-0.4, -0.2) is 12.1 Å². The van der Waals surface area contributed by atoms with Crippen LogP contribution in [0.15, 0.2) is 11.6 Å². The van der Waals surface area contributed by atoms with Gasteiger partial charge in [0.15, 0.2) is 0 Å². The second-order valence-electron chi connectivity index (χ2n) is 15.9. The lowest BCUT2D eigenvalue weighted by molar-refractivity contribution is -0.151. The van der Waals surface area contributed by atoms with Crippen LogP contribution >= 0.6 is 0 Å². The summed E-state index contributed by atoms with van der Waals surface area (Å²) in [5.41, 5.74) is 2.54. The Morgan fingerprint density at radius 3 is 2.33 bits per heavy atom. The molecule has 0 amide bonds. The fourth-order valence-corrected chi connectivity index (χ4v) is 10.4. The molecule has 0 spiro atoms. The van der Waals surface area contributed by atoms with Crippen LogP contribution in [0.25, 0.3) is 0 Å². The zero-order chi connectivity index (χ0) is 28.8. The van der Waals surface area contributed by atoms with Crippen molar-refractivity contribution in [1.29, 1.82) is 0 Å². The van der Waals surface area contributed by atoms with Gasteiger partial charge in [-0.2, -0.15) is 0 Å². The molecule has 2 heteroatoms. The van der Waals surface area contributed by atoms with Gasteiger partial charge in [0, 0.05) is 12.8 Å². The minimum atomic E-state index is 0.0572. The minimum Gasteiger partial charge on any atom is -0.462 e. The van der Waals surface area contributed by atoms with Crippen molar-refractivity contribution in [3.05, 3.63) is 11.6 Å². The Morgan fingerprint density at radius 1 is 0.875 bits per heavy atom. The van der Waals surface area contributed by atoms with Crippen molar-refractivity contribution >= 4 is 5.97 Å². The number of hydrogen-bond acceptors (Lipinski definition) is 2. The quantitative estimate of drug-likeness (QED) is 0.114. The highest BCUT2D eigenvalue weighted by molar-refractivity contribution is 5.69. The summed E-state index contributed by atoms with van der Waals surface area (Å²) >= 11 is 0. The summed E-state index contributed by atoms with van der Waals surface area (Å²) in [7, 11) is 0. The number of rotatable bonds is 15. The zero-order valence-electron chi connectivity index (χ0n) is 27.6. The Bertz CT molecular complexity index is 827. The first kappa shape index (κ1) is 32.1. The number of unbranched alkanes of at least 4 members (excludes halogenated alkanes) is 7. The van der Waals surface area contributed by atoms with Crippen molar-refractivity contribution in [2.45, 2.75) is 176 Å². The first-order valence-corrected chi connectivity index (χ1v) is 18.1. The molecule has 3 saturated carbocycles. The Balaban J connectivity index is 1.26. The molecule has 0 aromatic heterocycles. The monoisotopic (exact) mass is 555 g/mol. The first-order chi connectivity index (χ1) is 19.2. The molecule has 0 radical (unpaired) electrons. The van der Waals surface area contributed by atoms with Crippen molar-refractivity contribution in [2.75, 3.05) is 0 Å². The van der Waals surface area contributed by atoms with Gasteiger partial charge in [-0.15, -0.1) is 0 Å². The summed E-state index contributed by atoms with van der Waals surface area (Å²) < 4.78 is 6.07. The Labute approximate surface area is 249 Å². The fraction of sp³-hybridized carbons (Fsp3) is 0.921. The van der Waals surface area contributed by atoms with Crippen molar-refractivity contribution in [3.8, 4) is 0 Å². The molecule has 0 saturated heterocycles. The number of ether oxygens (including phenoxy) is 1. The molecule has 4 rings (SSSR count). The molecule has 4 aliphatic carbocycles. The number of carbonyl (C=O) groups is 1. The second-order valence-corrected chi connectivity index (χ2v) is 15.9. The molecule has 0 aliphatic heterocycles. The Morgan fingerprint density at radius 2 is 1.60 bits per heavy atom. The van der Waals surface area contributed by atoms with Gasteiger partial charge in [0.2, 0.25) is 0 Å². The van der Waals surface area contributed by atoms with E-state index in [2.05, 4.69) is 47.6 Å². The second kappa shape index (κ2) is 14.6. The van der Waals surface area contributed by atoms with E-state index in [1.807, 2.05) is 0 Å². The molecule has 0 heterocycles. The Kier molecular flexibility index (Phi) is 11.7. The van der Waals surface area contributed by atoms with Crippen LogP contribution in [0, 0.1) is 46.3 Å². The van der Waals surface area contributed by atoms with Gasteiger partial charge < -0.3 is 4.74 Å². The molecule has 0 aromatic carbocycles. The molecule has 2 nitrogen and oxygen atoms in total. The molecule has 8 atom stereocenters. The SMILES string of the molecule is CCCCCCCCCCC(=O)O[C@H]1CC[C@@]2(C)C(=CC[C@H]3[C@@H]4CC[C@H]([C@@H](C)CCCC(C)C)[C@@]4(C)CC[C@@H]32)C1. The first-order valence-electron chi connectivity index (χ1n) is 18.1. The van der Waals surface area contributed by atoms with Gasteiger partial charge in [-0.05, 0) is 97.7 Å². The van der Waals surface area contributed by atoms with Crippen molar-refractivity contribution in [2.24, 2.45) is 46.3 Å². The molecule has 0 bridgehead atoms. The summed E-state index contributed by atoms with van der Waals surface area (Å²) in [6, 6.07) is 0. The summed E-state index contributed by atoms with van der Waals surface area (Å²) in [6.45, 7) is 14.9. The van der Waals surface area contributed by atoms with Gasteiger partial charge in [-0.1, -0.05) is 117 Å². The zero-order valence-corrected chi connectivity index (χ0v) is 27.6. The van der Waals surface area contributed by atoms with Crippen LogP contribution < -0.4 is 0 Å². The minimum absolute atomic E-state index is 0.0572. The molecule has 3 fully saturated rings. The lowest BCUT2D eigenvalue weighted by Crippen LogP contribution is -2.51. The number of esters is 1. The maximum atomic E-state index is 12.7.